The van der Waals surface area contributed by atoms with E-state index >= 15 is 0 Å². The molecule has 0 saturated heterocycles. The van der Waals surface area contributed by atoms with Crippen molar-refractivity contribution in [2.45, 2.75) is 30.4 Å². The number of anilines is 1. The van der Waals surface area contributed by atoms with Gasteiger partial charge in [0.2, 0.25) is 5.13 Å². The molecule has 0 fully saturated rings. The first-order valence-electron chi connectivity index (χ1n) is 9.08. The van der Waals surface area contributed by atoms with Gasteiger partial charge in [0, 0.05) is 16.7 Å². The van der Waals surface area contributed by atoms with Crippen molar-refractivity contribution in [3.8, 4) is 0 Å². The number of thioether (sulfide) groups is 1. The second-order valence-electron chi connectivity index (χ2n) is 6.45. The molecule has 2 aromatic heterocycles. The molecule has 148 valence electrons. The molecule has 2 heterocycles. The number of halogens is 1. The molecule has 0 saturated carbocycles. The van der Waals surface area contributed by atoms with Crippen LogP contribution in [0.2, 0.25) is 0 Å². The van der Waals surface area contributed by atoms with Gasteiger partial charge in [0.15, 0.2) is 10.1 Å². The van der Waals surface area contributed by atoms with Crippen molar-refractivity contribution in [3.05, 3.63) is 70.7 Å². The lowest BCUT2D eigenvalue weighted by atomic mass is 10.1. The minimum Gasteiger partial charge on any atom is -0.451 e. The number of nitrogens with one attached hydrogen (secondary N) is 1. The maximum atomic E-state index is 13.7. The molecule has 0 aliphatic heterocycles. The summed E-state index contributed by atoms with van der Waals surface area (Å²) in [4.78, 5) is 12.7. The summed E-state index contributed by atoms with van der Waals surface area (Å²) >= 11 is 2.62. The largest absolute Gasteiger partial charge is 0.451 e. The van der Waals surface area contributed by atoms with E-state index in [1.807, 2.05) is 25.1 Å². The van der Waals surface area contributed by atoms with Crippen molar-refractivity contribution in [2.24, 2.45) is 0 Å². The van der Waals surface area contributed by atoms with E-state index in [0.717, 1.165) is 17.4 Å². The molecule has 29 heavy (non-hydrogen) atoms. The normalized spacial score (nSPS) is 11.1. The van der Waals surface area contributed by atoms with Gasteiger partial charge in [-0.3, -0.25) is 10.1 Å². The molecule has 0 aliphatic rings. The van der Waals surface area contributed by atoms with Gasteiger partial charge < -0.3 is 4.42 Å². The average molecular weight is 428 g/mol. The van der Waals surface area contributed by atoms with Crippen LogP contribution in [-0.2, 0) is 12.2 Å². The Morgan fingerprint density at radius 1 is 1.24 bits per heavy atom. The summed E-state index contributed by atoms with van der Waals surface area (Å²) in [6.45, 7) is 3.96. The molecule has 1 N–H and O–H groups in total. The molecule has 0 spiro atoms. The number of furan rings is 1. The van der Waals surface area contributed by atoms with Crippen LogP contribution in [-0.4, -0.2) is 16.1 Å². The van der Waals surface area contributed by atoms with Gasteiger partial charge >= 0.3 is 0 Å². The minimum absolute atomic E-state index is 0.246. The number of carbonyl (C=O) groups is 1. The number of nitrogens with zero attached hydrogens (tertiary/aromatic N) is 2. The van der Waals surface area contributed by atoms with Gasteiger partial charge in [0.1, 0.15) is 11.4 Å². The Kier molecular flexibility index (Phi) is 5.64. The Labute approximate surface area is 175 Å². The van der Waals surface area contributed by atoms with Crippen molar-refractivity contribution in [2.75, 3.05) is 5.32 Å². The van der Waals surface area contributed by atoms with Crippen molar-refractivity contribution in [1.82, 2.24) is 10.2 Å². The lowest BCUT2D eigenvalue weighted by molar-refractivity contribution is 0.0998. The zero-order valence-corrected chi connectivity index (χ0v) is 17.5. The second-order valence-corrected chi connectivity index (χ2v) is 8.65. The van der Waals surface area contributed by atoms with Gasteiger partial charge in [-0.05, 0) is 42.7 Å². The number of amides is 1. The van der Waals surface area contributed by atoms with Crippen LogP contribution in [0.3, 0.4) is 0 Å². The van der Waals surface area contributed by atoms with E-state index in [0.29, 0.717) is 26.4 Å². The van der Waals surface area contributed by atoms with Crippen molar-refractivity contribution in [1.29, 1.82) is 0 Å². The van der Waals surface area contributed by atoms with Crippen LogP contribution in [0.15, 0.2) is 51.2 Å². The number of fused-ring (bicyclic) bond motifs is 1. The predicted octanol–water partition coefficient (Wildman–Crippen LogP) is 5.84. The Bertz CT molecular complexity index is 1190. The van der Waals surface area contributed by atoms with Gasteiger partial charge in [-0.15, -0.1) is 10.2 Å². The summed E-state index contributed by atoms with van der Waals surface area (Å²) in [5.41, 5.74) is 3.27. The first-order valence-corrected chi connectivity index (χ1v) is 10.9. The first-order chi connectivity index (χ1) is 14.0. The maximum absolute atomic E-state index is 13.7. The topological polar surface area (TPSA) is 68.0 Å². The molecule has 0 bridgehead atoms. The number of hydrogen-bond donors (Lipinski definition) is 1. The summed E-state index contributed by atoms with van der Waals surface area (Å²) < 4.78 is 20.1. The maximum Gasteiger partial charge on any atom is 0.293 e. The third kappa shape index (κ3) is 4.18. The van der Waals surface area contributed by atoms with Gasteiger partial charge in [-0.1, -0.05) is 54.3 Å². The van der Waals surface area contributed by atoms with Crippen LogP contribution in [0.5, 0.6) is 0 Å². The highest BCUT2D eigenvalue weighted by Gasteiger charge is 2.19. The molecule has 1 amide bonds. The van der Waals surface area contributed by atoms with E-state index in [4.69, 9.17) is 4.42 Å². The van der Waals surface area contributed by atoms with Gasteiger partial charge in [-0.2, -0.15) is 0 Å². The van der Waals surface area contributed by atoms with Crippen LogP contribution >= 0.6 is 23.1 Å². The van der Waals surface area contributed by atoms with Crippen molar-refractivity contribution >= 4 is 45.1 Å². The highest BCUT2D eigenvalue weighted by Crippen LogP contribution is 2.31. The van der Waals surface area contributed by atoms with E-state index in [1.54, 1.807) is 18.2 Å². The lowest BCUT2D eigenvalue weighted by Crippen LogP contribution is -2.11. The van der Waals surface area contributed by atoms with Crippen LogP contribution in [0.1, 0.15) is 34.2 Å². The van der Waals surface area contributed by atoms with E-state index in [1.165, 1.54) is 34.7 Å². The number of benzene rings is 2. The molecular formula is C21H18FN3O2S2. The summed E-state index contributed by atoms with van der Waals surface area (Å²) in [6, 6.07) is 12.6. The molecule has 2 aromatic carbocycles. The zero-order chi connectivity index (χ0) is 20.4. The van der Waals surface area contributed by atoms with Crippen LogP contribution < -0.4 is 5.32 Å². The quantitative estimate of drug-likeness (QED) is 0.309. The number of carbonyl (C=O) groups excluding carboxylic acids is 1. The fourth-order valence-corrected chi connectivity index (χ4v) is 4.67. The van der Waals surface area contributed by atoms with Gasteiger partial charge in [0.05, 0.1) is 0 Å². The van der Waals surface area contributed by atoms with E-state index < -0.39 is 0 Å². The molecule has 4 aromatic rings. The Morgan fingerprint density at radius 2 is 2.07 bits per heavy atom. The summed E-state index contributed by atoms with van der Waals surface area (Å²) in [5, 5.41) is 12.1. The van der Waals surface area contributed by atoms with Crippen LogP contribution in [0.4, 0.5) is 9.52 Å². The van der Waals surface area contributed by atoms with Crippen LogP contribution in [0, 0.1) is 12.7 Å². The third-order valence-corrected chi connectivity index (χ3v) is 6.57. The summed E-state index contributed by atoms with van der Waals surface area (Å²) in [7, 11) is 0. The third-order valence-electron chi connectivity index (χ3n) is 4.55. The zero-order valence-electron chi connectivity index (χ0n) is 15.9. The molecule has 4 rings (SSSR count). The van der Waals surface area contributed by atoms with E-state index in [9.17, 15) is 9.18 Å². The number of aryl methyl sites for hydroxylation is 2. The van der Waals surface area contributed by atoms with Gasteiger partial charge in [-0.25, -0.2) is 4.39 Å². The second kappa shape index (κ2) is 8.34. The molecule has 8 heteroatoms. The average Bonchev–Trinajstić information content (AvgIpc) is 3.31. The number of rotatable bonds is 6. The fraction of sp³-hybridized carbons (Fsp3) is 0.190. The molecule has 0 unspecified atom stereocenters. The van der Waals surface area contributed by atoms with E-state index in [-0.39, 0.29) is 17.5 Å². The van der Waals surface area contributed by atoms with Crippen molar-refractivity contribution in [3.63, 3.8) is 0 Å². The fourth-order valence-electron chi connectivity index (χ4n) is 2.93. The van der Waals surface area contributed by atoms with Crippen LogP contribution in [0.25, 0.3) is 11.0 Å². The highest BCUT2D eigenvalue weighted by molar-refractivity contribution is 8.00. The minimum atomic E-state index is -0.362. The predicted molar refractivity (Wildman–Crippen MR) is 114 cm³/mol. The Hall–Kier alpha value is -2.71. The SMILES string of the molecule is CCc1ccc2oc(C(=O)Nc3nnc(SCc4ccccc4F)s3)c(C)c2c1. The standard InChI is InChI=1S/C21H18FN3O2S2/c1-3-13-8-9-17-15(10-13)12(2)18(27-17)19(26)23-20-24-25-21(29-20)28-11-14-6-4-5-7-16(14)22/h4-10H,3,11H2,1-2H3,(H,23,24,26). The number of aromatic nitrogens is 2. The van der Waals surface area contributed by atoms with Gasteiger partial charge in [0.25, 0.3) is 5.91 Å². The van der Waals surface area contributed by atoms with Crippen molar-refractivity contribution < 1.29 is 13.6 Å². The Balaban J connectivity index is 1.46. The van der Waals surface area contributed by atoms with E-state index in [2.05, 4.69) is 22.4 Å². The molecule has 0 aliphatic carbocycles. The first kappa shape index (κ1) is 19.6. The Morgan fingerprint density at radius 3 is 2.86 bits per heavy atom. The summed E-state index contributed by atoms with van der Waals surface area (Å²) in [6.07, 6.45) is 0.917. The highest BCUT2D eigenvalue weighted by atomic mass is 32.2. The smallest absolute Gasteiger partial charge is 0.293 e. The monoisotopic (exact) mass is 427 g/mol. The molecule has 0 radical (unpaired) electrons. The molecule has 5 nitrogen and oxygen atoms in total. The molecule has 0 atom stereocenters. The lowest BCUT2D eigenvalue weighted by Gasteiger charge is -2.00. The summed E-state index contributed by atoms with van der Waals surface area (Å²) in [5.74, 6) is 0.102. The molecular weight excluding hydrogens is 409 g/mol. The number of hydrogen-bond acceptors (Lipinski definition) is 6.